The van der Waals surface area contributed by atoms with Crippen molar-refractivity contribution in [2.24, 2.45) is 0 Å². The van der Waals surface area contributed by atoms with Gasteiger partial charge in [0.05, 0.1) is 0 Å². The van der Waals surface area contributed by atoms with Crippen LogP contribution < -0.4 is 0 Å². The molecule has 80 valence electrons. The Morgan fingerprint density at radius 3 is 2.62 bits per heavy atom. The van der Waals surface area contributed by atoms with Crippen molar-refractivity contribution >= 4 is 5.91 Å². The number of imidazole rings is 1. The zero-order valence-electron chi connectivity index (χ0n) is 9.05. The highest BCUT2D eigenvalue weighted by Gasteiger charge is 2.11. The Morgan fingerprint density at radius 2 is 2.00 bits per heavy atom. The molecule has 0 atom stereocenters. The molecule has 16 heavy (non-hydrogen) atoms. The standard InChI is InChI=1S/C13H12N2O/c1-10(2)13(16)15-9-8-14-12(15)11-6-4-3-5-7-11/h3-9H,1H2,2H3. The second-order valence-electron chi connectivity index (χ2n) is 3.57. The van der Waals surface area contributed by atoms with Gasteiger partial charge < -0.3 is 0 Å². The Morgan fingerprint density at radius 1 is 1.31 bits per heavy atom. The van der Waals surface area contributed by atoms with Gasteiger partial charge >= 0.3 is 0 Å². The first-order valence-corrected chi connectivity index (χ1v) is 4.99. The smallest absolute Gasteiger partial charge is 0.258 e. The number of hydrogen-bond donors (Lipinski definition) is 0. The zero-order chi connectivity index (χ0) is 11.5. The van der Waals surface area contributed by atoms with Gasteiger partial charge in [0.2, 0.25) is 0 Å². The summed E-state index contributed by atoms with van der Waals surface area (Å²) in [5.74, 6) is 0.518. The van der Waals surface area contributed by atoms with Gasteiger partial charge in [-0.05, 0) is 6.92 Å². The van der Waals surface area contributed by atoms with E-state index in [1.54, 1.807) is 19.3 Å². The fraction of sp³-hybridized carbons (Fsp3) is 0.0769. The number of carbonyl (C=O) groups excluding carboxylic acids is 1. The third-order valence-corrected chi connectivity index (χ3v) is 2.26. The van der Waals surface area contributed by atoms with Crippen molar-refractivity contribution in [1.82, 2.24) is 9.55 Å². The van der Waals surface area contributed by atoms with E-state index in [9.17, 15) is 4.79 Å². The van der Waals surface area contributed by atoms with E-state index in [-0.39, 0.29) is 5.91 Å². The van der Waals surface area contributed by atoms with Gasteiger partial charge in [0.25, 0.3) is 5.91 Å². The number of carbonyl (C=O) groups is 1. The molecule has 2 rings (SSSR count). The Balaban J connectivity index is 2.48. The van der Waals surface area contributed by atoms with E-state index < -0.39 is 0 Å². The monoisotopic (exact) mass is 212 g/mol. The maximum atomic E-state index is 11.8. The minimum atomic E-state index is -0.128. The summed E-state index contributed by atoms with van der Waals surface area (Å²) in [6.45, 7) is 5.34. The van der Waals surface area contributed by atoms with Crippen LogP contribution in [0.4, 0.5) is 0 Å². The fourth-order valence-electron chi connectivity index (χ4n) is 1.47. The van der Waals surface area contributed by atoms with Gasteiger partial charge in [-0.15, -0.1) is 0 Å². The van der Waals surface area contributed by atoms with Crippen molar-refractivity contribution in [2.75, 3.05) is 0 Å². The van der Waals surface area contributed by atoms with Gasteiger partial charge in [-0.2, -0.15) is 0 Å². The molecule has 0 saturated heterocycles. The quantitative estimate of drug-likeness (QED) is 0.717. The normalized spacial score (nSPS) is 10.1. The predicted octanol–water partition coefficient (Wildman–Crippen LogP) is 2.77. The lowest BCUT2D eigenvalue weighted by atomic mass is 10.2. The molecule has 0 bridgehead atoms. The van der Waals surface area contributed by atoms with Crippen LogP contribution in [0.3, 0.4) is 0 Å². The van der Waals surface area contributed by atoms with Crippen LogP contribution in [-0.2, 0) is 0 Å². The van der Waals surface area contributed by atoms with Crippen LogP contribution in [0.5, 0.6) is 0 Å². The Bertz CT molecular complexity index is 526. The maximum Gasteiger partial charge on any atom is 0.258 e. The molecule has 0 aliphatic heterocycles. The van der Waals surface area contributed by atoms with Gasteiger partial charge in [0.1, 0.15) is 5.82 Å². The first-order chi connectivity index (χ1) is 7.70. The molecule has 3 heteroatoms. The zero-order valence-corrected chi connectivity index (χ0v) is 9.05. The fourth-order valence-corrected chi connectivity index (χ4v) is 1.47. The van der Waals surface area contributed by atoms with Crippen molar-refractivity contribution in [3.8, 4) is 11.4 Å². The van der Waals surface area contributed by atoms with Crippen LogP contribution in [0.1, 0.15) is 11.7 Å². The minimum absolute atomic E-state index is 0.128. The number of allylic oxidation sites excluding steroid dienone is 1. The Labute approximate surface area is 94.1 Å². The van der Waals surface area contributed by atoms with Gasteiger partial charge in [-0.25, -0.2) is 4.98 Å². The molecule has 0 aliphatic carbocycles. The molecule has 0 unspecified atom stereocenters. The number of rotatable bonds is 2. The molecule has 0 saturated carbocycles. The lowest BCUT2D eigenvalue weighted by Crippen LogP contribution is -2.11. The number of hydrogen-bond acceptors (Lipinski definition) is 2. The van der Waals surface area contributed by atoms with Crippen molar-refractivity contribution in [2.45, 2.75) is 6.92 Å². The van der Waals surface area contributed by atoms with Gasteiger partial charge in [-0.1, -0.05) is 36.9 Å². The predicted molar refractivity (Wildman–Crippen MR) is 63.1 cm³/mol. The van der Waals surface area contributed by atoms with Crippen LogP contribution in [0.2, 0.25) is 0 Å². The van der Waals surface area contributed by atoms with Crippen LogP contribution in [0, 0.1) is 0 Å². The average molecular weight is 212 g/mol. The third kappa shape index (κ3) is 1.80. The molecule has 0 radical (unpaired) electrons. The SMILES string of the molecule is C=C(C)C(=O)n1ccnc1-c1ccccc1. The van der Waals surface area contributed by atoms with Gasteiger partial charge in [-0.3, -0.25) is 9.36 Å². The summed E-state index contributed by atoms with van der Waals surface area (Å²) >= 11 is 0. The van der Waals surface area contributed by atoms with Crippen LogP contribution >= 0.6 is 0 Å². The number of benzene rings is 1. The molecule has 1 aromatic heterocycles. The molecule has 0 fully saturated rings. The number of nitrogens with zero attached hydrogens (tertiary/aromatic N) is 2. The summed E-state index contributed by atoms with van der Waals surface area (Å²) in [5.41, 5.74) is 1.41. The summed E-state index contributed by atoms with van der Waals surface area (Å²) in [7, 11) is 0. The average Bonchev–Trinajstić information content (AvgIpc) is 2.77. The molecule has 1 heterocycles. The van der Waals surface area contributed by atoms with Crippen LogP contribution in [0.15, 0.2) is 54.9 Å². The third-order valence-electron chi connectivity index (χ3n) is 2.26. The summed E-state index contributed by atoms with van der Waals surface area (Å²) in [5, 5.41) is 0. The lowest BCUT2D eigenvalue weighted by molar-refractivity contribution is 0.0957. The molecule has 0 amide bonds. The molecule has 0 spiro atoms. The van der Waals surface area contributed by atoms with Crippen molar-refractivity contribution in [3.05, 3.63) is 54.9 Å². The van der Waals surface area contributed by atoms with E-state index >= 15 is 0 Å². The molecule has 2 aromatic rings. The Kier molecular flexibility index (Phi) is 2.68. The first kappa shape index (κ1) is 10.4. The largest absolute Gasteiger partial charge is 0.269 e. The minimum Gasteiger partial charge on any atom is -0.269 e. The molecule has 0 aliphatic rings. The highest BCUT2D eigenvalue weighted by molar-refractivity contribution is 5.96. The highest BCUT2D eigenvalue weighted by atomic mass is 16.2. The van der Waals surface area contributed by atoms with Crippen molar-refractivity contribution in [3.63, 3.8) is 0 Å². The van der Waals surface area contributed by atoms with Gasteiger partial charge in [0.15, 0.2) is 0 Å². The van der Waals surface area contributed by atoms with Crippen molar-refractivity contribution < 1.29 is 4.79 Å². The summed E-state index contributed by atoms with van der Waals surface area (Å²) in [6, 6.07) is 9.60. The van der Waals surface area contributed by atoms with E-state index in [1.165, 1.54) is 4.57 Å². The highest BCUT2D eigenvalue weighted by Crippen LogP contribution is 2.17. The molecule has 1 aromatic carbocycles. The van der Waals surface area contributed by atoms with Crippen LogP contribution in [0.25, 0.3) is 11.4 Å². The summed E-state index contributed by atoms with van der Waals surface area (Å²) < 4.78 is 1.51. The lowest BCUT2D eigenvalue weighted by Gasteiger charge is -2.05. The number of aromatic nitrogens is 2. The molecular weight excluding hydrogens is 200 g/mol. The Hall–Kier alpha value is -2.16. The van der Waals surface area contributed by atoms with Gasteiger partial charge in [0, 0.05) is 23.5 Å². The van der Waals surface area contributed by atoms with E-state index in [2.05, 4.69) is 11.6 Å². The topological polar surface area (TPSA) is 34.9 Å². The van der Waals surface area contributed by atoms with Crippen molar-refractivity contribution in [1.29, 1.82) is 0 Å². The summed E-state index contributed by atoms with van der Waals surface area (Å²) in [6.07, 6.45) is 3.27. The van der Waals surface area contributed by atoms with E-state index in [1.807, 2.05) is 30.3 Å². The van der Waals surface area contributed by atoms with Crippen LogP contribution in [-0.4, -0.2) is 15.5 Å². The van der Waals surface area contributed by atoms with E-state index in [4.69, 9.17) is 0 Å². The molecule has 0 N–H and O–H groups in total. The maximum absolute atomic E-state index is 11.8. The van der Waals surface area contributed by atoms with E-state index in [0.717, 1.165) is 5.56 Å². The van der Waals surface area contributed by atoms with E-state index in [0.29, 0.717) is 11.4 Å². The molecule has 3 nitrogen and oxygen atoms in total. The summed E-state index contributed by atoms with van der Waals surface area (Å²) in [4.78, 5) is 16.0. The first-order valence-electron chi connectivity index (χ1n) is 4.99. The second-order valence-corrected chi connectivity index (χ2v) is 3.57. The molecular formula is C13H12N2O. The second kappa shape index (κ2) is 4.14.